The van der Waals surface area contributed by atoms with Gasteiger partial charge >= 0.3 is 12.7 Å². The van der Waals surface area contributed by atoms with E-state index in [0.29, 0.717) is 24.7 Å². The Morgan fingerprint density at radius 1 is 0.683 bits per heavy atom. The Kier molecular flexibility index (Phi) is 9.44. The van der Waals surface area contributed by atoms with E-state index in [1.54, 1.807) is 0 Å². The molecule has 0 spiro atoms. The van der Waals surface area contributed by atoms with Gasteiger partial charge in [0.25, 0.3) is 0 Å². The van der Waals surface area contributed by atoms with Crippen LogP contribution >= 0.6 is 0 Å². The Morgan fingerprint density at radius 2 is 1.22 bits per heavy atom. The van der Waals surface area contributed by atoms with E-state index in [1.165, 1.54) is 69.6 Å². The molecule has 8 heteroatoms. The van der Waals surface area contributed by atoms with E-state index in [-0.39, 0.29) is 16.9 Å². The molecule has 5 rings (SSSR count). The fraction of sp³-hybridized carbons (Fsp3) is 0.636. The van der Waals surface area contributed by atoms with Gasteiger partial charge in [0.05, 0.1) is 5.92 Å². The van der Waals surface area contributed by atoms with Crippen LogP contribution in [0.4, 0.5) is 26.3 Å². The first kappa shape index (κ1) is 30.1. The lowest BCUT2D eigenvalue weighted by Gasteiger charge is -2.41. The average Bonchev–Trinajstić information content (AvgIpc) is 2.94. The van der Waals surface area contributed by atoms with E-state index in [2.05, 4.69) is 11.7 Å². The molecule has 0 saturated heterocycles. The van der Waals surface area contributed by atoms with Crippen LogP contribution in [-0.4, -0.2) is 12.7 Å². The number of benzene rings is 2. The SMILES string of the molecule is CC1CCC(C2CCC(C3CCC(C(F)(F)Oc4ccc(-c5ccc(OC(F)F)c(F)c5)c(F)c4)CC3)CC2)CC1. The minimum atomic E-state index is -3.44. The summed E-state index contributed by atoms with van der Waals surface area (Å²) < 4.78 is 93.0. The van der Waals surface area contributed by atoms with Gasteiger partial charge in [0.15, 0.2) is 11.6 Å². The maximum Gasteiger partial charge on any atom is 0.400 e. The van der Waals surface area contributed by atoms with Crippen molar-refractivity contribution >= 4 is 0 Å². The lowest BCUT2D eigenvalue weighted by molar-refractivity contribution is -0.224. The molecular formula is C33H40F6O2. The summed E-state index contributed by atoms with van der Waals surface area (Å²) in [4.78, 5) is 0. The van der Waals surface area contributed by atoms with Crippen LogP contribution in [-0.2, 0) is 0 Å². The first-order valence-corrected chi connectivity index (χ1v) is 15.2. The largest absolute Gasteiger partial charge is 0.432 e. The predicted molar refractivity (Wildman–Crippen MR) is 146 cm³/mol. The van der Waals surface area contributed by atoms with Crippen LogP contribution in [0, 0.1) is 47.1 Å². The van der Waals surface area contributed by atoms with Gasteiger partial charge < -0.3 is 9.47 Å². The van der Waals surface area contributed by atoms with E-state index in [4.69, 9.17) is 4.74 Å². The first-order valence-electron chi connectivity index (χ1n) is 15.2. The second kappa shape index (κ2) is 12.9. The quantitative estimate of drug-likeness (QED) is 0.288. The molecular weight excluding hydrogens is 542 g/mol. The van der Waals surface area contributed by atoms with Gasteiger partial charge in [-0.1, -0.05) is 25.8 Å². The maximum absolute atomic E-state index is 15.1. The van der Waals surface area contributed by atoms with E-state index in [9.17, 15) is 17.6 Å². The van der Waals surface area contributed by atoms with E-state index in [0.717, 1.165) is 48.8 Å². The van der Waals surface area contributed by atoms with Gasteiger partial charge in [0.1, 0.15) is 11.6 Å². The van der Waals surface area contributed by atoms with Crippen molar-refractivity contribution in [1.82, 2.24) is 0 Å². The molecule has 3 aliphatic carbocycles. The van der Waals surface area contributed by atoms with Gasteiger partial charge in [-0.15, -0.1) is 0 Å². The number of halogens is 6. The second-order valence-corrected chi connectivity index (χ2v) is 12.6. The minimum absolute atomic E-state index is 0.0561. The van der Waals surface area contributed by atoms with Crippen LogP contribution in [0.3, 0.4) is 0 Å². The molecule has 3 saturated carbocycles. The molecule has 0 N–H and O–H groups in total. The Morgan fingerprint density at radius 3 is 1.73 bits per heavy atom. The summed E-state index contributed by atoms with van der Waals surface area (Å²) in [6, 6.07) is 6.31. The van der Waals surface area contributed by atoms with Gasteiger partial charge in [-0.05, 0) is 124 Å². The van der Waals surface area contributed by atoms with Crippen molar-refractivity contribution in [2.45, 2.75) is 96.7 Å². The molecule has 0 amide bonds. The summed E-state index contributed by atoms with van der Waals surface area (Å²) in [7, 11) is 0. The van der Waals surface area contributed by atoms with E-state index < -0.39 is 36.0 Å². The summed E-state index contributed by atoms with van der Waals surface area (Å²) in [5, 5.41) is 0. The molecule has 0 unspecified atom stereocenters. The fourth-order valence-electron chi connectivity index (χ4n) is 7.67. The summed E-state index contributed by atoms with van der Waals surface area (Å²) in [6.07, 6.45) is 9.32. The highest BCUT2D eigenvalue weighted by Gasteiger charge is 2.45. The van der Waals surface area contributed by atoms with Crippen molar-refractivity contribution in [2.24, 2.45) is 35.5 Å². The monoisotopic (exact) mass is 582 g/mol. The summed E-state index contributed by atoms with van der Waals surface area (Å²) in [6.45, 7) is -0.841. The molecule has 0 atom stereocenters. The minimum Gasteiger partial charge on any atom is -0.432 e. The highest BCUT2D eigenvalue weighted by Crippen LogP contribution is 2.48. The topological polar surface area (TPSA) is 18.5 Å². The molecule has 3 fully saturated rings. The summed E-state index contributed by atoms with van der Waals surface area (Å²) in [5.41, 5.74) is -0.0166. The van der Waals surface area contributed by atoms with Gasteiger partial charge in [-0.3, -0.25) is 0 Å². The van der Waals surface area contributed by atoms with Crippen LogP contribution in [0.5, 0.6) is 11.5 Å². The van der Waals surface area contributed by atoms with Crippen molar-refractivity contribution in [3.63, 3.8) is 0 Å². The summed E-state index contributed by atoms with van der Waals surface area (Å²) >= 11 is 0. The lowest BCUT2D eigenvalue weighted by Crippen LogP contribution is -2.38. The van der Waals surface area contributed by atoms with Crippen LogP contribution in [0.1, 0.15) is 84.0 Å². The molecule has 2 aromatic rings. The second-order valence-electron chi connectivity index (χ2n) is 12.6. The molecule has 3 aliphatic rings. The molecule has 0 heterocycles. The number of hydrogen-bond donors (Lipinski definition) is 0. The number of rotatable bonds is 8. The average molecular weight is 583 g/mol. The van der Waals surface area contributed by atoms with Gasteiger partial charge in [0.2, 0.25) is 0 Å². The third-order valence-electron chi connectivity index (χ3n) is 10.1. The van der Waals surface area contributed by atoms with Crippen molar-refractivity contribution in [3.8, 4) is 22.6 Å². The highest BCUT2D eigenvalue weighted by atomic mass is 19.3. The van der Waals surface area contributed by atoms with E-state index >= 15 is 8.78 Å². The molecule has 226 valence electrons. The van der Waals surface area contributed by atoms with Crippen molar-refractivity contribution in [3.05, 3.63) is 48.0 Å². The van der Waals surface area contributed by atoms with Crippen molar-refractivity contribution in [1.29, 1.82) is 0 Å². The number of alkyl halides is 4. The molecule has 2 nitrogen and oxygen atoms in total. The first-order chi connectivity index (χ1) is 19.6. The third kappa shape index (κ3) is 7.34. The Balaban J connectivity index is 1.12. The van der Waals surface area contributed by atoms with Gasteiger partial charge in [-0.2, -0.15) is 17.6 Å². The third-order valence-corrected chi connectivity index (χ3v) is 10.1. The highest BCUT2D eigenvalue weighted by molar-refractivity contribution is 5.66. The van der Waals surface area contributed by atoms with Crippen molar-refractivity contribution < 1.29 is 35.8 Å². The maximum atomic E-state index is 15.1. The normalized spacial score (nSPS) is 29.4. The molecule has 0 radical (unpaired) electrons. The van der Waals surface area contributed by atoms with Crippen LogP contribution < -0.4 is 9.47 Å². The van der Waals surface area contributed by atoms with Gasteiger partial charge in [0, 0.05) is 11.6 Å². The lowest BCUT2D eigenvalue weighted by atomic mass is 9.65. The van der Waals surface area contributed by atoms with Crippen LogP contribution in [0.25, 0.3) is 11.1 Å². The predicted octanol–water partition coefficient (Wildman–Crippen LogP) is 10.6. The van der Waals surface area contributed by atoms with E-state index in [1.807, 2.05) is 0 Å². The molecule has 2 aromatic carbocycles. The Bertz CT molecular complexity index is 1150. The van der Waals surface area contributed by atoms with Crippen LogP contribution in [0.15, 0.2) is 36.4 Å². The fourth-order valence-corrected chi connectivity index (χ4v) is 7.67. The Hall–Kier alpha value is -2.38. The zero-order valence-corrected chi connectivity index (χ0v) is 23.6. The molecule has 0 aromatic heterocycles. The molecule has 41 heavy (non-hydrogen) atoms. The standard InChI is InChI=1S/C33H40F6O2/c1-20-2-4-21(5-3-20)22-6-8-23(9-7-22)24-10-13-26(14-11-24)33(38,39)41-27-15-16-28(29(34)19-27)25-12-17-31(30(35)18-25)40-32(36)37/h12,15-24,26,32H,2-11,13-14H2,1H3. The summed E-state index contributed by atoms with van der Waals surface area (Å²) in [5.74, 6) is -0.170. The number of ether oxygens (including phenoxy) is 2. The van der Waals surface area contributed by atoms with Crippen molar-refractivity contribution in [2.75, 3.05) is 0 Å². The molecule has 0 aliphatic heterocycles. The zero-order valence-electron chi connectivity index (χ0n) is 23.6. The smallest absolute Gasteiger partial charge is 0.400 e. The Labute approximate surface area is 238 Å². The zero-order chi connectivity index (χ0) is 29.1. The molecule has 0 bridgehead atoms. The number of hydrogen-bond acceptors (Lipinski definition) is 2. The van der Waals surface area contributed by atoms with Crippen LogP contribution in [0.2, 0.25) is 0 Å². The van der Waals surface area contributed by atoms with Gasteiger partial charge in [-0.25, -0.2) is 8.78 Å².